The van der Waals surface area contributed by atoms with Crippen molar-refractivity contribution < 1.29 is 19.4 Å². The first-order valence-electron chi connectivity index (χ1n) is 8.45. The number of aromatic hydroxyl groups is 1. The zero-order chi connectivity index (χ0) is 19.4. The third-order valence-corrected chi connectivity index (χ3v) is 4.32. The van der Waals surface area contributed by atoms with Gasteiger partial charge in [-0.15, -0.1) is 0 Å². The van der Waals surface area contributed by atoms with E-state index < -0.39 is 17.8 Å². The predicted molar refractivity (Wildman–Crippen MR) is 103 cm³/mol. The second-order valence-corrected chi connectivity index (χ2v) is 6.17. The van der Waals surface area contributed by atoms with Crippen LogP contribution in [0, 0.1) is 0 Å². The van der Waals surface area contributed by atoms with E-state index in [2.05, 4.69) is 0 Å². The van der Waals surface area contributed by atoms with Gasteiger partial charge in [0.2, 0.25) is 5.91 Å². The Morgan fingerprint density at radius 2 is 1.56 bits per heavy atom. The van der Waals surface area contributed by atoms with Crippen LogP contribution in [0.2, 0.25) is 0 Å². The fraction of sp³-hybridized carbons (Fsp3) is 0.0909. The zero-order valence-electron chi connectivity index (χ0n) is 14.8. The number of phenolic OH excluding ortho intramolecular Hbond substituents is 1. The molecule has 3 N–H and O–H groups in total. The standard InChI is InChI=1S/C22H19NO4/c1-14(15-6-8-17(9-7-15)21(23)25)22(26)27-20-5-3-2-4-19(20)16-10-12-18(24)13-11-16/h2-14,24H,1H3,(H2,23,25). The molecule has 1 atom stereocenters. The molecule has 1 amide bonds. The lowest BCUT2D eigenvalue weighted by atomic mass is 9.99. The Hall–Kier alpha value is -3.60. The molecule has 5 heteroatoms. The van der Waals surface area contributed by atoms with E-state index in [1.165, 1.54) is 0 Å². The van der Waals surface area contributed by atoms with E-state index in [9.17, 15) is 14.7 Å². The van der Waals surface area contributed by atoms with Crippen molar-refractivity contribution >= 4 is 11.9 Å². The van der Waals surface area contributed by atoms with Gasteiger partial charge >= 0.3 is 5.97 Å². The highest BCUT2D eigenvalue weighted by atomic mass is 16.5. The average Bonchev–Trinajstić information content (AvgIpc) is 2.68. The second-order valence-electron chi connectivity index (χ2n) is 6.17. The number of rotatable bonds is 5. The van der Waals surface area contributed by atoms with Gasteiger partial charge in [0.25, 0.3) is 0 Å². The number of benzene rings is 3. The maximum Gasteiger partial charge on any atom is 0.318 e. The average molecular weight is 361 g/mol. The fourth-order valence-electron chi connectivity index (χ4n) is 2.70. The number of phenols is 1. The molecule has 1 unspecified atom stereocenters. The van der Waals surface area contributed by atoms with Gasteiger partial charge in [-0.25, -0.2) is 0 Å². The van der Waals surface area contributed by atoms with Gasteiger partial charge in [-0.3, -0.25) is 9.59 Å². The van der Waals surface area contributed by atoms with Crippen LogP contribution >= 0.6 is 0 Å². The van der Waals surface area contributed by atoms with Crippen LogP contribution in [0.25, 0.3) is 11.1 Å². The number of carbonyl (C=O) groups is 2. The van der Waals surface area contributed by atoms with Crippen LogP contribution in [0.3, 0.4) is 0 Å². The number of hydrogen-bond donors (Lipinski definition) is 2. The maximum absolute atomic E-state index is 12.6. The predicted octanol–water partition coefficient (Wildman–Crippen LogP) is 3.87. The number of nitrogens with two attached hydrogens (primary N) is 1. The largest absolute Gasteiger partial charge is 0.508 e. The summed E-state index contributed by atoms with van der Waals surface area (Å²) >= 11 is 0. The van der Waals surface area contributed by atoms with Crippen LogP contribution in [0.15, 0.2) is 72.8 Å². The molecule has 0 bridgehead atoms. The van der Waals surface area contributed by atoms with Crippen LogP contribution in [0.4, 0.5) is 0 Å². The van der Waals surface area contributed by atoms with Gasteiger partial charge in [-0.1, -0.05) is 42.5 Å². The smallest absolute Gasteiger partial charge is 0.318 e. The van der Waals surface area contributed by atoms with E-state index >= 15 is 0 Å². The Bertz CT molecular complexity index is 962. The summed E-state index contributed by atoms with van der Waals surface area (Å²) in [5.41, 5.74) is 7.93. The van der Waals surface area contributed by atoms with Crippen LogP contribution < -0.4 is 10.5 Å². The number of primary amides is 1. The lowest BCUT2D eigenvalue weighted by Crippen LogP contribution is -2.17. The summed E-state index contributed by atoms with van der Waals surface area (Å²) in [6.07, 6.45) is 0. The summed E-state index contributed by atoms with van der Waals surface area (Å²) in [6, 6.07) is 20.5. The van der Waals surface area contributed by atoms with Gasteiger partial charge in [-0.05, 0) is 48.4 Å². The molecule has 5 nitrogen and oxygen atoms in total. The van der Waals surface area contributed by atoms with Gasteiger partial charge < -0.3 is 15.6 Å². The lowest BCUT2D eigenvalue weighted by Gasteiger charge is -2.14. The first-order chi connectivity index (χ1) is 13.0. The molecule has 0 radical (unpaired) electrons. The molecule has 3 rings (SSSR count). The molecular formula is C22H19NO4. The minimum absolute atomic E-state index is 0.168. The molecule has 0 saturated carbocycles. The van der Waals surface area contributed by atoms with E-state index in [1.54, 1.807) is 67.6 Å². The first-order valence-corrected chi connectivity index (χ1v) is 8.45. The molecule has 0 fully saturated rings. The van der Waals surface area contributed by atoms with Crippen molar-refractivity contribution in [3.8, 4) is 22.6 Å². The Kier molecular flexibility index (Phi) is 5.22. The molecule has 0 aliphatic rings. The Morgan fingerprint density at radius 1 is 0.926 bits per heavy atom. The molecule has 3 aromatic carbocycles. The van der Waals surface area contributed by atoms with Crippen molar-refractivity contribution in [2.24, 2.45) is 5.73 Å². The fourth-order valence-corrected chi connectivity index (χ4v) is 2.70. The van der Waals surface area contributed by atoms with Crippen LogP contribution in [-0.2, 0) is 4.79 Å². The Labute approximate surface area is 157 Å². The molecular weight excluding hydrogens is 342 g/mol. The highest BCUT2D eigenvalue weighted by Gasteiger charge is 2.19. The highest BCUT2D eigenvalue weighted by Crippen LogP contribution is 2.32. The SMILES string of the molecule is CC(C(=O)Oc1ccccc1-c1ccc(O)cc1)c1ccc(C(N)=O)cc1. The van der Waals surface area contributed by atoms with Crippen molar-refractivity contribution in [2.45, 2.75) is 12.8 Å². The lowest BCUT2D eigenvalue weighted by molar-refractivity contribution is -0.135. The quantitative estimate of drug-likeness (QED) is 0.533. The normalized spacial score (nSPS) is 11.6. The molecule has 0 saturated heterocycles. The number of amides is 1. The molecule has 27 heavy (non-hydrogen) atoms. The van der Waals surface area contributed by atoms with Gasteiger partial charge in [0.05, 0.1) is 5.92 Å². The Morgan fingerprint density at radius 3 is 2.19 bits per heavy atom. The van der Waals surface area contributed by atoms with Gasteiger partial charge in [-0.2, -0.15) is 0 Å². The van der Waals surface area contributed by atoms with Crippen molar-refractivity contribution in [3.05, 3.63) is 83.9 Å². The van der Waals surface area contributed by atoms with Crippen molar-refractivity contribution in [1.82, 2.24) is 0 Å². The molecule has 0 heterocycles. The van der Waals surface area contributed by atoms with E-state index in [0.717, 1.165) is 16.7 Å². The molecule has 0 aliphatic carbocycles. The van der Waals surface area contributed by atoms with Crippen LogP contribution in [0.5, 0.6) is 11.5 Å². The second kappa shape index (κ2) is 7.74. The van der Waals surface area contributed by atoms with Gasteiger partial charge in [0.15, 0.2) is 0 Å². The van der Waals surface area contributed by atoms with Gasteiger partial charge in [0, 0.05) is 11.1 Å². The van der Waals surface area contributed by atoms with Crippen molar-refractivity contribution in [2.75, 3.05) is 0 Å². The number of ether oxygens (including phenoxy) is 1. The molecule has 3 aromatic rings. The number of carbonyl (C=O) groups excluding carboxylic acids is 2. The summed E-state index contributed by atoms with van der Waals surface area (Å²) in [5, 5.41) is 9.46. The van der Waals surface area contributed by atoms with Crippen molar-refractivity contribution in [3.63, 3.8) is 0 Å². The number of esters is 1. The monoisotopic (exact) mass is 361 g/mol. The van der Waals surface area contributed by atoms with E-state index in [-0.39, 0.29) is 5.75 Å². The summed E-state index contributed by atoms with van der Waals surface area (Å²) in [7, 11) is 0. The molecule has 0 aliphatic heterocycles. The zero-order valence-corrected chi connectivity index (χ0v) is 14.8. The third kappa shape index (κ3) is 4.15. The summed E-state index contributed by atoms with van der Waals surface area (Å²) in [6.45, 7) is 1.74. The topological polar surface area (TPSA) is 89.6 Å². The summed E-state index contributed by atoms with van der Waals surface area (Å²) in [5.74, 6) is -0.831. The summed E-state index contributed by atoms with van der Waals surface area (Å²) < 4.78 is 5.63. The van der Waals surface area contributed by atoms with E-state index in [0.29, 0.717) is 11.3 Å². The highest BCUT2D eigenvalue weighted by molar-refractivity contribution is 5.93. The summed E-state index contributed by atoms with van der Waals surface area (Å²) in [4.78, 5) is 23.8. The van der Waals surface area contributed by atoms with Crippen molar-refractivity contribution in [1.29, 1.82) is 0 Å². The minimum atomic E-state index is -0.514. The van der Waals surface area contributed by atoms with Crippen LogP contribution in [0.1, 0.15) is 28.8 Å². The third-order valence-electron chi connectivity index (χ3n) is 4.32. The minimum Gasteiger partial charge on any atom is -0.508 e. The number of hydrogen-bond acceptors (Lipinski definition) is 4. The molecule has 136 valence electrons. The maximum atomic E-state index is 12.6. The van der Waals surface area contributed by atoms with E-state index in [1.807, 2.05) is 12.1 Å². The van der Waals surface area contributed by atoms with Crippen LogP contribution in [-0.4, -0.2) is 17.0 Å². The first kappa shape index (κ1) is 18.2. The number of para-hydroxylation sites is 1. The Balaban J connectivity index is 1.81. The molecule has 0 spiro atoms. The van der Waals surface area contributed by atoms with E-state index in [4.69, 9.17) is 10.5 Å². The molecule has 0 aromatic heterocycles. The van der Waals surface area contributed by atoms with Gasteiger partial charge in [0.1, 0.15) is 11.5 Å².